The van der Waals surface area contributed by atoms with E-state index in [0.717, 1.165) is 21.7 Å². The molecule has 0 aliphatic carbocycles. The van der Waals surface area contributed by atoms with Gasteiger partial charge in [-0.2, -0.15) is 0 Å². The van der Waals surface area contributed by atoms with Gasteiger partial charge in [-0.25, -0.2) is 0 Å². The highest BCUT2D eigenvalue weighted by Crippen LogP contribution is 2.64. The highest BCUT2D eigenvalue weighted by atomic mass is 31.2. The van der Waals surface area contributed by atoms with Crippen LogP contribution in [0, 0.1) is 0 Å². The van der Waals surface area contributed by atoms with E-state index in [1.165, 1.54) is 0 Å². The summed E-state index contributed by atoms with van der Waals surface area (Å²) < 4.78 is 29.8. The predicted octanol–water partition coefficient (Wildman–Crippen LogP) is 7.24. The average molecular weight is 513 g/mol. The Labute approximate surface area is 215 Å². The number of benzene rings is 4. The molecule has 4 aromatic carbocycles. The second-order valence-corrected chi connectivity index (χ2v) is 17.7. The first-order valence-electron chi connectivity index (χ1n) is 12.5. The van der Waals surface area contributed by atoms with E-state index in [-0.39, 0.29) is 6.10 Å². The maximum absolute atomic E-state index is 15.7. The van der Waals surface area contributed by atoms with E-state index in [2.05, 4.69) is 43.9 Å². The van der Waals surface area contributed by atoms with Crippen LogP contribution in [0.2, 0.25) is 19.6 Å². The molecule has 5 heteroatoms. The zero-order valence-corrected chi connectivity index (χ0v) is 23.0. The van der Waals surface area contributed by atoms with Gasteiger partial charge < -0.3 is 13.7 Å². The Morgan fingerprint density at radius 3 is 1.64 bits per heavy atom. The Morgan fingerprint density at radius 2 is 1.17 bits per heavy atom. The minimum Gasteiger partial charge on any atom is -0.387 e. The minimum atomic E-state index is -3.23. The molecule has 1 aliphatic rings. The van der Waals surface area contributed by atoms with Crippen molar-refractivity contribution in [1.82, 2.24) is 0 Å². The molecule has 0 amide bonds. The molecular formula is C31H33O3PSi. The molecule has 0 saturated carbocycles. The second kappa shape index (κ2) is 9.95. The molecule has 4 aromatic rings. The number of ether oxygens (including phenoxy) is 1. The van der Waals surface area contributed by atoms with Crippen LogP contribution in [0.3, 0.4) is 0 Å². The standard InChI is InChI=1S/C31H33O3PSi/c1-36(2,3)34-31(26-18-10-5-11-19-26)30(24-29(33-31)25-16-8-4-9-17-25)35(32,27-20-12-6-13-21-27)28-22-14-7-15-23-28/h4-23,29-30H,24H2,1-3H3/t29-,30+,31+/m1/s1. The van der Waals surface area contributed by atoms with E-state index in [1.54, 1.807) is 0 Å². The lowest BCUT2D eigenvalue weighted by Crippen LogP contribution is -2.48. The molecular weight excluding hydrogens is 479 g/mol. The highest BCUT2D eigenvalue weighted by molar-refractivity contribution is 7.79. The molecule has 3 nitrogen and oxygen atoms in total. The first kappa shape index (κ1) is 24.9. The largest absolute Gasteiger partial charge is 0.387 e. The zero-order chi connectivity index (χ0) is 25.2. The Morgan fingerprint density at radius 1 is 0.722 bits per heavy atom. The van der Waals surface area contributed by atoms with Crippen molar-refractivity contribution in [2.45, 2.75) is 43.6 Å². The Bertz CT molecular complexity index is 1280. The van der Waals surface area contributed by atoms with E-state index >= 15 is 4.57 Å². The molecule has 184 valence electrons. The van der Waals surface area contributed by atoms with Gasteiger partial charge >= 0.3 is 0 Å². The van der Waals surface area contributed by atoms with Crippen molar-refractivity contribution in [3.63, 3.8) is 0 Å². The van der Waals surface area contributed by atoms with Crippen molar-refractivity contribution < 1.29 is 13.7 Å². The van der Waals surface area contributed by atoms with Crippen LogP contribution in [0.25, 0.3) is 0 Å². The molecule has 3 atom stereocenters. The van der Waals surface area contributed by atoms with Crippen LogP contribution in [0.4, 0.5) is 0 Å². The van der Waals surface area contributed by atoms with Crippen molar-refractivity contribution in [1.29, 1.82) is 0 Å². The fraction of sp³-hybridized carbons (Fsp3) is 0.226. The molecule has 1 fully saturated rings. The fourth-order valence-corrected chi connectivity index (χ4v) is 10.1. The highest BCUT2D eigenvalue weighted by Gasteiger charge is 2.60. The minimum absolute atomic E-state index is 0.242. The molecule has 1 aliphatic heterocycles. The molecule has 1 saturated heterocycles. The van der Waals surface area contributed by atoms with E-state index in [4.69, 9.17) is 9.16 Å². The van der Waals surface area contributed by atoms with E-state index in [9.17, 15) is 0 Å². The topological polar surface area (TPSA) is 35.5 Å². The second-order valence-electron chi connectivity index (χ2n) is 10.3. The van der Waals surface area contributed by atoms with Crippen LogP contribution in [-0.4, -0.2) is 14.0 Å². The Hall–Kier alpha value is -2.75. The van der Waals surface area contributed by atoms with Crippen molar-refractivity contribution >= 4 is 26.1 Å². The molecule has 0 spiro atoms. The number of rotatable bonds is 7. The van der Waals surface area contributed by atoms with Gasteiger partial charge in [0.15, 0.2) is 21.2 Å². The lowest BCUT2D eigenvalue weighted by Gasteiger charge is -2.43. The van der Waals surface area contributed by atoms with Gasteiger partial charge in [-0.05, 0) is 31.6 Å². The molecule has 1 heterocycles. The van der Waals surface area contributed by atoms with Gasteiger partial charge in [0.25, 0.3) is 0 Å². The third-order valence-corrected chi connectivity index (χ3v) is 11.2. The SMILES string of the molecule is C[Si](C)(C)O[C@]1(c2ccccc2)O[C@@H](c2ccccc2)C[C@@H]1P(=O)(c1ccccc1)c1ccccc1. The van der Waals surface area contributed by atoms with Crippen molar-refractivity contribution in [3.05, 3.63) is 132 Å². The Balaban J connectivity index is 1.79. The summed E-state index contributed by atoms with van der Waals surface area (Å²) in [6.45, 7) is 6.51. The van der Waals surface area contributed by atoms with Crippen LogP contribution in [-0.2, 0) is 19.5 Å². The monoisotopic (exact) mass is 512 g/mol. The quantitative estimate of drug-likeness (QED) is 0.193. The number of hydrogen-bond donors (Lipinski definition) is 0. The first-order chi connectivity index (χ1) is 17.3. The fourth-order valence-electron chi connectivity index (χ4n) is 5.30. The van der Waals surface area contributed by atoms with Gasteiger partial charge in [-0.15, -0.1) is 0 Å². The van der Waals surface area contributed by atoms with Gasteiger partial charge in [0, 0.05) is 16.2 Å². The molecule has 0 radical (unpaired) electrons. The zero-order valence-electron chi connectivity index (χ0n) is 21.1. The maximum Gasteiger partial charge on any atom is 0.196 e. The average Bonchev–Trinajstić information content (AvgIpc) is 3.30. The summed E-state index contributed by atoms with van der Waals surface area (Å²) in [5.74, 6) is -1.15. The van der Waals surface area contributed by atoms with Crippen molar-refractivity contribution in [3.8, 4) is 0 Å². The van der Waals surface area contributed by atoms with Crippen LogP contribution in [0.1, 0.15) is 23.7 Å². The molecule has 5 rings (SSSR count). The van der Waals surface area contributed by atoms with Crippen molar-refractivity contribution in [2.24, 2.45) is 0 Å². The maximum atomic E-state index is 15.7. The van der Waals surface area contributed by atoms with Gasteiger partial charge in [-0.1, -0.05) is 121 Å². The molecule has 0 unspecified atom stereocenters. The third kappa shape index (κ3) is 4.67. The molecule has 36 heavy (non-hydrogen) atoms. The van der Waals surface area contributed by atoms with Gasteiger partial charge in [-0.3, -0.25) is 0 Å². The third-order valence-electron chi connectivity index (χ3n) is 6.72. The summed E-state index contributed by atoms with van der Waals surface area (Å²) in [7, 11) is -5.41. The van der Waals surface area contributed by atoms with E-state index in [1.807, 2.05) is 97.1 Å². The van der Waals surface area contributed by atoms with Crippen molar-refractivity contribution in [2.75, 3.05) is 0 Å². The van der Waals surface area contributed by atoms with E-state index in [0.29, 0.717) is 6.42 Å². The normalized spacial score (nSPS) is 22.4. The lowest BCUT2D eigenvalue weighted by molar-refractivity contribution is -0.186. The first-order valence-corrected chi connectivity index (χ1v) is 17.7. The van der Waals surface area contributed by atoms with Crippen LogP contribution >= 0.6 is 7.14 Å². The number of hydrogen-bond acceptors (Lipinski definition) is 3. The molecule has 0 N–H and O–H groups in total. The van der Waals surface area contributed by atoms with Gasteiger partial charge in [0.05, 0.1) is 11.8 Å². The van der Waals surface area contributed by atoms with Gasteiger partial charge in [0.2, 0.25) is 0 Å². The summed E-state index contributed by atoms with van der Waals surface area (Å²) in [5, 5.41) is 1.66. The molecule has 0 aromatic heterocycles. The summed E-state index contributed by atoms with van der Waals surface area (Å²) >= 11 is 0. The van der Waals surface area contributed by atoms with Crippen LogP contribution in [0.15, 0.2) is 121 Å². The Kier molecular flexibility index (Phi) is 6.89. The summed E-state index contributed by atoms with van der Waals surface area (Å²) in [4.78, 5) is 0. The summed E-state index contributed by atoms with van der Waals surface area (Å²) in [6.07, 6.45) is 0.346. The van der Waals surface area contributed by atoms with Crippen LogP contribution < -0.4 is 10.6 Å². The van der Waals surface area contributed by atoms with Crippen LogP contribution in [0.5, 0.6) is 0 Å². The van der Waals surface area contributed by atoms with E-state index < -0.39 is 26.9 Å². The lowest BCUT2D eigenvalue weighted by atomic mass is 10.0. The predicted molar refractivity (Wildman–Crippen MR) is 151 cm³/mol. The molecule has 0 bridgehead atoms. The summed E-state index contributed by atoms with van der Waals surface area (Å²) in [6, 6.07) is 40.2. The van der Waals surface area contributed by atoms with Gasteiger partial charge in [0.1, 0.15) is 0 Å². The summed E-state index contributed by atoms with van der Waals surface area (Å²) in [5.41, 5.74) is 1.59. The smallest absolute Gasteiger partial charge is 0.196 e.